The number of carboxylic acid groups (broad SMARTS) is 1. The van der Waals surface area contributed by atoms with Gasteiger partial charge in [-0.3, -0.25) is 0 Å². The van der Waals surface area contributed by atoms with Crippen molar-refractivity contribution in [3.63, 3.8) is 0 Å². The van der Waals surface area contributed by atoms with Crippen LogP contribution in [0.1, 0.15) is 11.3 Å². The number of aromatic nitrogens is 1. The first-order chi connectivity index (χ1) is 8.11. The molecule has 17 heavy (non-hydrogen) atoms. The fourth-order valence-electron chi connectivity index (χ4n) is 1.51. The summed E-state index contributed by atoms with van der Waals surface area (Å²) in [5.74, 6) is 0.920. The number of rotatable bonds is 2. The second-order valence-corrected chi connectivity index (χ2v) is 3.64. The van der Waals surface area contributed by atoms with Crippen molar-refractivity contribution < 1.29 is 14.4 Å². The lowest BCUT2D eigenvalue weighted by Crippen LogP contribution is -2.24. The molecule has 0 unspecified atom stereocenters. The van der Waals surface area contributed by atoms with Gasteiger partial charge in [0.15, 0.2) is 5.82 Å². The van der Waals surface area contributed by atoms with Crippen LogP contribution in [0.15, 0.2) is 34.9 Å². The van der Waals surface area contributed by atoms with E-state index in [1.807, 2.05) is 6.07 Å². The highest BCUT2D eigenvalue weighted by molar-refractivity contribution is 5.94. The summed E-state index contributed by atoms with van der Waals surface area (Å²) in [7, 11) is 0. The first-order valence-electron chi connectivity index (χ1n) is 5.12. The van der Waals surface area contributed by atoms with E-state index in [1.54, 1.807) is 38.1 Å². The van der Waals surface area contributed by atoms with Gasteiger partial charge in [-0.2, -0.15) is 0 Å². The molecule has 1 N–H and O–H groups in total. The van der Waals surface area contributed by atoms with E-state index in [4.69, 9.17) is 4.52 Å². The van der Waals surface area contributed by atoms with E-state index in [0.29, 0.717) is 17.3 Å². The van der Waals surface area contributed by atoms with E-state index >= 15 is 0 Å². The highest BCUT2D eigenvalue weighted by Gasteiger charge is 2.23. The van der Waals surface area contributed by atoms with Crippen molar-refractivity contribution >= 4 is 17.6 Å². The molecular formula is C12H12N2O3. The highest BCUT2D eigenvalue weighted by Crippen LogP contribution is 2.28. The van der Waals surface area contributed by atoms with Crippen molar-refractivity contribution in [1.29, 1.82) is 0 Å². The van der Waals surface area contributed by atoms with Crippen molar-refractivity contribution in [2.45, 2.75) is 13.8 Å². The van der Waals surface area contributed by atoms with Gasteiger partial charge in [0.25, 0.3) is 0 Å². The number of hydrogen-bond acceptors (Lipinski definition) is 3. The Morgan fingerprint density at radius 1 is 1.29 bits per heavy atom. The summed E-state index contributed by atoms with van der Waals surface area (Å²) in [6.45, 7) is 3.52. The molecule has 0 spiro atoms. The lowest BCUT2D eigenvalue weighted by Gasteiger charge is -2.16. The molecule has 1 amide bonds. The summed E-state index contributed by atoms with van der Waals surface area (Å²) in [4.78, 5) is 12.4. The van der Waals surface area contributed by atoms with Crippen LogP contribution in [0, 0.1) is 13.8 Å². The Morgan fingerprint density at radius 3 is 2.41 bits per heavy atom. The molecule has 0 radical (unpaired) electrons. The number of benzene rings is 1. The Morgan fingerprint density at radius 2 is 1.94 bits per heavy atom. The van der Waals surface area contributed by atoms with Gasteiger partial charge in [0.1, 0.15) is 5.76 Å². The van der Waals surface area contributed by atoms with E-state index < -0.39 is 6.09 Å². The lowest BCUT2D eigenvalue weighted by molar-refractivity contribution is 0.204. The monoisotopic (exact) mass is 232 g/mol. The Kier molecular flexibility index (Phi) is 2.82. The molecule has 0 aliphatic heterocycles. The highest BCUT2D eigenvalue weighted by atomic mass is 16.5. The molecule has 0 bridgehead atoms. The fraction of sp³-hybridized carbons (Fsp3) is 0.167. The van der Waals surface area contributed by atoms with Crippen LogP contribution in [0.5, 0.6) is 0 Å². The van der Waals surface area contributed by atoms with Crippen LogP contribution in [0.25, 0.3) is 0 Å². The van der Waals surface area contributed by atoms with E-state index in [9.17, 15) is 9.90 Å². The summed E-state index contributed by atoms with van der Waals surface area (Å²) in [5, 5.41) is 13.0. The van der Waals surface area contributed by atoms with Gasteiger partial charge in [-0.25, -0.2) is 9.69 Å². The molecule has 88 valence electrons. The molecule has 0 fully saturated rings. The normalized spacial score (nSPS) is 10.2. The molecule has 2 rings (SSSR count). The molecule has 1 aromatic carbocycles. The van der Waals surface area contributed by atoms with Gasteiger partial charge in [-0.05, 0) is 26.0 Å². The third kappa shape index (κ3) is 1.99. The molecule has 2 aromatic rings. The molecule has 0 atom stereocenters. The van der Waals surface area contributed by atoms with Crippen LogP contribution in [-0.2, 0) is 0 Å². The predicted molar refractivity (Wildman–Crippen MR) is 62.6 cm³/mol. The number of aryl methyl sites for hydroxylation is 1. The maximum atomic E-state index is 11.3. The predicted octanol–water partition coefficient (Wildman–Crippen LogP) is 3.11. The molecule has 0 aliphatic rings. The second kappa shape index (κ2) is 4.29. The Balaban J connectivity index is 2.51. The maximum absolute atomic E-state index is 11.3. The molecule has 0 aliphatic carbocycles. The maximum Gasteiger partial charge on any atom is 0.417 e. The number of anilines is 2. The van der Waals surface area contributed by atoms with Crippen LogP contribution in [-0.4, -0.2) is 16.4 Å². The standard InChI is InChI=1S/C12H12N2O3/c1-8-9(2)17-13-11(8)14(12(15)16)10-6-4-3-5-7-10/h3-7H,1-2H3,(H,15,16). The molecule has 1 heterocycles. The van der Waals surface area contributed by atoms with Crippen LogP contribution in [0.3, 0.4) is 0 Å². The van der Waals surface area contributed by atoms with Crippen molar-refractivity contribution in [2.75, 3.05) is 4.90 Å². The number of hydrogen-bond donors (Lipinski definition) is 1. The largest absolute Gasteiger partial charge is 0.464 e. The smallest absolute Gasteiger partial charge is 0.417 e. The number of amides is 1. The van der Waals surface area contributed by atoms with Gasteiger partial charge in [0.2, 0.25) is 0 Å². The van der Waals surface area contributed by atoms with Crippen molar-refractivity contribution in [3.05, 3.63) is 41.7 Å². The van der Waals surface area contributed by atoms with Gasteiger partial charge < -0.3 is 9.63 Å². The Bertz CT molecular complexity index is 534. The first-order valence-corrected chi connectivity index (χ1v) is 5.12. The quantitative estimate of drug-likeness (QED) is 0.863. The Hall–Kier alpha value is -2.30. The third-order valence-corrected chi connectivity index (χ3v) is 2.55. The molecular weight excluding hydrogens is 220 g/mol. The summed E-state index contributed by atoms with van der Waals surface area (Å²) in [5.41, 5.74) is 1.26. The second-order valence-electron chi connectivity index (χ2n) is 3.64. The minimum atomic E-state index is -1.09. The van der Waals surface area contributed by atoms with Gasteiger partial charge in [-0.15, -0.1) is 0 Å². The zero-order chi connectivity index (χ0) is 12.4. The molecule has 5 nitrogen and oxygen atoms in total. The van der Waals surface area contributed by atoms with Gasteiger partial charge in [-0.1, -0.05) is 23.4 Å². The van der Waals surface area contributed by atoms with Crippen LogP contribution < -0.4 is 4.90 Å². The fourth-order valence-corrected chi connectivity index (χ4v) is 1.51. The van der Waals surface area contributed by atoms with Gasteiger partial charge in [0, 0.05) is 5.56 Å². The van der Waals surface area contributed by atoms with E-state index in [1.165, 1.54) is 0 Å². The molecule has 1 aromatic heterocycles. The molecule has 0 saturated heterocycles. The van der Waals surface area contributed by atoms with E-state index in [2.05, 4.69) is 5.16 Å². The van der Waals surface area contributed by atoms with E-state index in [-0.39, 0.29) is 0 Å². The zero-order valence-electron chi connectivity index (χ0n) is 9.54. The van der Waals surface area contributed by atoms with Crippen LogP contribution in [0.4, 0.5) is 16.3 Å². The molecule has 0 saturated carbocycles. The minimum absolute atomic E-state index is 0.307. The van der Waals surface area contributed by atoms with Crippen molar-refractivity contribution in [3.8, 4) is 0 Å². The SMILES string of the molecule is Cc1onc(N(C(=O)O)c2ccccc2)c1C. The van der Waals surface area contributed by atoms with E-state index in [0.717, 1.165) is 10.5 Å². The minimum Gasteiger partial charge on any atom is -0.464 e. The topological polar surface area (TPSA) is 66.6 Å². The summed E-state index contributed by atoms with van der Waals surface area (Å²) < 4.78 is 4.99. The average Bonchev–Trinajstić information content (AvgIpc) is 2.63. The number of carbonyl (C=O) groups is 1. The average molecular weight is 232 g/mol. The summed E-state index contributed by atoms with van der Waals surface area (Å²) in [6.07, 6.45) is -1.09. The summed E-state index contributed by atoms with van der Waals surface area (Å²) in [6, 6.07) is 8.78. The molecule has 5 heteroatoms. The lowest BCUT2D eigenvalue weighted by atomic mass is 10.2. The van der Waals surface area contributed by atoms with Gasteiger partial charge in [0.05, 0.1) is 5.69 Å². The van der Waals surface area contributed by atoms with Gasteiger partial charge >= 0.3 is 6.09 Å². The Labute approximate surface area is 98.3 Å². The number of para-hydroxylation sites is 1. The van der Waals surface area contributed by atoms with Crippen molar-refractivity contribution in [2.24, 2.45) is 0 Å². The third-order valence-electron chi connectivity index (χ3n) is 2.55. The van der Waals surface area contributed by atoms with Crippen LogP contribution >= 0.6 is 0 Å². The summed E-state index contributed by atoms with van der Waals surface area (Å²) >= 11 is 0. The first kappa shape index (κ1) is 11.2. The van der Waals surface area contributed by atoms with Crippen LogP contribution in [0.2, 0.25) is 0 Å². The zero-order valence-corrected chi connectivity index (χ0v) is 9.54. The number of nitrogens with zero attached hydrogens (tertiary/aromatic N) is 2. The van der Waals surface area contributed by atoms with Crippen molar-refractivity contribution in [1.82, 2.24) is 5.16 Å².